The molecule has 0 aliphatic heterocycles. The molecule has 0 aromatic heterocycles. The van der Waals surface area contributed by atoms with Gasteiger partial charge in [0.05, 0.1) is 5.60 Å². The Balaban J connectivity index is 1.99. The van der Waals surface area contributed by atoms with Gasteiger partial charge in [0.25, 0.3) is 0 Å². The number of nitrogens with one attached hydrogen (secondary N) is 2. The molecule has 2 aliphatic carbocycles. The van der Waals surface area contributed by atoms with E-state index in [1.54, 1.807) is 12.1 Å². The quantitative estimate of drug-likeness (QED) is 0.243. The molecule has 0 heterocycles. The van der Waals surface area contributed by atoms with Crippen molar-refractivity contribution in [1.29, 1.82) is 5.41 Å². The first-order valence-electron chi connectivity index (χ1n) is 11.4. The molecule has 1 fully saturated rings. The Morgan fingerprint density at radius 1 is 1.19 bits per heavy atom. The third kappa shape index (κ3) is 4.20. The molecular weight excluding hydrogens is 407 g/mol. The van der Waals surface area contributed by atoms with E-state index in [-0.39, 0.29) is 11.2 Å². The maximum Gasteiger partial charge on any atom is 0.192 e. The first kappa shape index (κ1) is 23.6. The molecule has 0 radical (unpaired) electrons. The van der Waals surface area contributed by atoms with Gasteiger partial charge in [0.1, 0.15) is 12.1 Å². The van der Waals surface area contributed by atoms with Crippen LogP contribution in [-0.2, 0) is 9.22 Å². The third-order valence-electron chi connectivity index (χ3n) is 7.78. The van der Waals surface area contributed by atoms with Crippen LogP contribution in [0.5, 0.6) is 0 Å². The summed E-state index contributed by atoms with van der Waals surface area (Å²) >= 11 is 0. The van der Waals surface area contributed by atoms with E-state index in [0.717, 1.165) is 54.2 Å². The number of anilines is 1. The lowest BCUT2D eigenvalue weighted by Gasteiger charge is -2.50. The molecule has 0 spiro atoms. The van der Waals surface area contributed by atoms with Gasteiger partial charge in [0, 0.05) is 29.4 Å². The van der Waals surface area contributed by atoms with Crippen LogP contribution >= 0.6 is 0 Å². The lowest BCUT2D eigenvalue weighted by atomic mass is 9.66. The normalized spacial score (nSPS) is 25.8. The van der Waals surface area contributed by atoms with Crippen molar-refractivity contribution >= 4 is 26.5 Å². The smallest absolute Gasteiger partial charge is 0.192 e. The number of halogens is 1. The van der Waals surface area contributed by atoms with Crippen LogP contribution in [0, 0.1) is 16.6 Å². The number of rotatable bonds is 10. The SMILES string of the molecule is CC[Si](CC)(CC)O[C@@]1(CC=O)CCC2=CC(Nc3ccc(F)cc3)=C(C=N)C[C@@]21C. The fourth-order valence-electron chi connectivity index (χ4n) is 5.41. The zero-order valence-electron chi connectivity index (χ0n) is 19.2. The van der Waals surface area contributed by atoms with Crippen molar-refractivity contribution in [3.63, 3.8) is 0 Å². The van der Waals surface area contributed by atoms with Gasteiger partial charge in [-0.15, -0.1) is 0 Å². The van der Waals surface area contributed by atoms with Crippen molar-refractivity contribution in [3.05, 3.63) is 53.0 Å². The first-order valence-corrected chi connectivity index (χ1v) is 13.9. The predicted molar refractivity (Wildman–Crippen MR) is 128 cm³/mol. The number of carbonyl (C=O) groups is 1. The zero-order chi connectivity index (χ0) is 22.7. The number of aldehydes is 1. The molecule has 168 valence electrons. The predicted octanol–water partition coefficient (Wildman–Crippen LogP) is 6.62. The second-order valence-electron chi connectivity index (χ2n) is 9.10. The van der Waals surface area contributed by atoms with Crippen LogP contribution in [0.4, 0.5) is 10.1 Å². The van der Waals surface area contributed by atoms with Gasteiger partial charge < -0.3 is 19.9 Å². The highest BCUT2D eigenvalue weighted by molar-refractivity contribution is 6.73. The summed E-state index contributed by atoms with van der Waals surface area (Å²) in [4.78, 5) is 11.8. The maximum absolute atomic E-state index is 13.3. The molecule has 31 heavy (non-hydrogen) atoms. The van der Waals surface area contributed by atoms with Gasteiger partial charge in [0.15, 0.2) is 8.32 Å². The minimum absolute atomic E-state index is 0.275. The van der Waals surface area contributed by atoms with Gasteiger partial charge in [0.2, 0.25) is 0 Å². The van der Waals surface area contributed by atoms with Crippen molar-refractivity contribution in [3.8, 4) is 0 Å². The average Bonchev–Trinajstić information content (AvgIpc) is 3.04. The van der Waals surface area contributed by atoms with E-state index in [4.69, 9.17) is 9.84 Å². The second kappa shape index (κ2) is 9.21. The molecule has 6 heteroatoms. The summed E-state index contributed by atoms with van der Waals surface area (Å²) in [6, 6.07) is 9.38. The molecule has 1 aromatic carbocycles. The van der Waals surface area contributed by atoms with E-state index in [2.05, 4.69) is 39.1 Å². The Bertz CT molecular complexity index is 883. The highest BCUT2D eigenvalue weighted by Gasteiger charge is 2.58. The summed E-state index contributed by atoms with van der Waals surface area (Å²) in [6.45, 7) is 8.87. The fourth-order valence-corrected chi connectivity index (χ4v) is 8.58. The summed E-state index contributed by atoms with van der Waals surface area (Å²) in [6.07, 6.45) is 7.32. The number of allylic oxidation sites excluding steroid dienone is 2. The molecule has 0 saturated heterocycles. The van der Waals surface area contributed by atoms with Crippen LogP contribution in [-0.4, -0.2) is 26.4 Å². The molecule has 1 aromatic rings. The van der Waals surface area contributed by atoms with Gasteiger partial charge in [-0.2, -0.15) is 0 Å². The standard InChI is InChI=1S/C25H35FN2O2Si/c1-5-31(6-2,7-3)30-25(14-15-29)13-12-20-16-23(19(18-27)17-24(20,25)4)28-22-10-8-21(26)9-11-22/h8-11,15-16,18,27-28H,5-7,12-14,17H2,1-4H3/t24-,25+/m0/s1. The van der Waals surface area contributed by atoms with E-state index >= 15 is 0 Å². The van der Waals surface area contributed by atoms with Crippen molar-refractivity contribution in [2.75, 3.05) is 5.32 Å². The second-order valence-corrected chi connectivity index (χ2v) is 13.8. The minimum Gasteiger partial charge on any atom is -0.410 e. The molecule has 4 nitrogen and oxygen atoms in total. The zero-order valence-corrected chi connectivity index (χ0v) is 20.2. The number of carbonyl (C=O) groups excluding carboxylic acids is 1. The average molecular weight is 443 g/mol. The molecule has 2 aliphatic rings. The van der Waals surface area contributed by atoms with Crippen LogP contribution in [0.1, 0.15) is 53.4 Å². The number of benzene rings is 1. The van der Waals surface area contributed by atoms with E-state index in [0.29, 0.717) is 12.8 Å². The number of hydrogen-bond donors (Lipinski definition) is 2. The Morgan fingerprint density at radius 3 is 2.39 bits per heavy atom. The molecule has 0 amide bonds. The molecule has 0 unspecified atom stereocenters. The molecule has 3 rings (SSSR count). The van der Waals surface area contributed by atoms with Crippen molar-refractivity contribution in [2.24, 2.45) is 5.41 Å². The molecule has 0 bridgehead atoms. The lowest BCUT2D eigenvalue weighted by molar-refractivity contribution is -0.115. The molecule has 2 atom stereocenters. The maximum atomic E-state index is 13.3. The number of hydrogen-bond acceptors (Lipinski definition) is 4. The van der Waals surface area contributed by atoms with E-state index < -0.39 is 13.9 Å². The Hall–Kier alpha value is -2.05. The summed E-state index contributed by atoms with van der Waals surface area (Å²) in [5.41, 5.74) is 3.00. The van der Waals surface area contributed by atoms with Gasteiger partial charge in [-0.1, -0.05) is 33.3 Å². The van der Waals surface area contributed by atoms with Gasteiger partial charge >= 0.3 is 0 Å². The van der Waals surface area contributed by atoms with Gasteiger partial charge in [-0.25, -0.2) is 4.39 Å². The Morgan fingerprint density at radius 2 is 1.84 bits per heavy atom. The van der Waals surface area contributed by atoms with Crippen LogP contribution in [0.25, 0.3) is 0 Å². The van der Waals surface area contributed by atoms with Crippen molar-refractivity contribution < 1.29 is 13.6 Å². The monoisotopic (exact) mass is 442 g/mol. The van der Waals surface area contributed by atoms with E-state index in [1.807, 2.05) is 0 Å². The summed E-state index contributed by atoms with van der Waals surface area (Å²) < 4.78 is 20.4. The van der Waals surface area contributed by atoms with Crippen LogP contribution in [0.15, 0.2) is 47.2 Å². The minimum atomic E-state index is -1.94. The fraction of sp³-hybridized carbons (Fsp3) is 0.520. The lowest BCUT2D eigenvalue weighted by Crippen LogP contribution is -2.54. The summed E-state index contributed by atoms with van der Waals surface area (Å²) in [7, 11) is -1.94. The Kier molecular flexibility index (Phi) is 7.01. The Labute approximate surface area is 186 Å². The van der Waals surface area contributed by atoms with Crippen molar-refractivity contribution in [2.45, 2.75) is 77.1 Å². The van der Waals surface area contributed by atoms with Crippen LogP contribution in [0.2, 0.25) is 18.1 Å². The highest BCUT2D eigenvalue weighted by Crippen LogP contribution is 2.60. The van der Waals surface area contributed by atoms with Gasteiger partial charge in [-0.3, -0.25) is 0 Å². The first-order chi connectivity index (χ1) is 14.8. The largest absolute Gasteiger partial charge is 0.410 e. The topological polar surface area (TPSA) is 62.2 Å². The number of fused-ring (bicyclic) bond motifs is 1. The van der Waals surface area contributed by atoms with E-state index in [1.165, 1.54) is 23.9 Å². The van der Waals surface area contributed by atoms with Crippen LogP contribution < -0.4 is 5.32 Å². The van der Waals surface area contributed by atoms with Crippen molar-refractivity contribution in [1.82, 2.24) is 0 Å². The van der Waals surface area contributed by atoms with Crippen LogP contribution in [0.3, 0.4) is 0 Å². The molecule has 2 N–H and O–H groups in total. The summed E-state index contributed by atoms with van der Waals surface area (Å²) in [5, 5.41) is 11.4. The summed E-state index contributed by atoms with van der Waals surface area (Å²) in [5.74, 6) is -0.275. The van der Waals surface area contributed by atoms with E-state index in [9.17, 15) is 9.18 Å². The van der Waals surface area contributed by atoms with Gasteiger partial charge in [-0.05, 0) is 73.3 Å². The molecular formula is C25H35FN2O2Si. The molecule has 1 saturated carbocycles. The highest BCUT2D eigenvalue weighted by atomic mass is 28.4. The third-order valence-corrected chi connectivity index (χ3v) is 12.5.